The Hall–Kier alpha value is -2.63. The van der Waals surface area contributed by atoms with Crippen LogP contribution in [0.4, 0.5) is 0 Å². The van der Waals surface area contributed by atoms with E-state index in [1.807, 2.05) is 17.8 Å². The zero-order valence-corrected chi connectivity index (χ0v) is 15.8. The van der Waals surface area contributed by atoms with Crippen LogP contribution in [0.5, 0.6) is 0 Å². The minimum absolute atomic E-state index is 0.212. The van der Waals surface area contributed by atoms with Crippen LogP contribution in [0.15, 0.2) is 41.6 Å². The Morgan fingerprint density at radius 3 is 2.81 bits per heavy atom. The molecule has 1 saturated heterocycles. The normalized spacial score (nSPS) is 18.7. The summed E-state index contributed by atoms with van der Waals surface area (Å²) in [6.07, 6.45) is 3.49. The fourth-order valence-electron chi connectivity index (χ4n) is 3.30. The Labute approximate surface area is 156 Å². The molecule has 1 fully saturated rings. The smallest absolute Gasteiger partial charge is 0.243 e. The Morgan fingerprint density at radius 1 is 1.26 bits per heavy atom. The van der Waals surface area contributed by atoms with Gasteiger partial charge in [0.05, 0.1) is 10.9 Å². The molecule has 1 aliphatic rings. The van der Waals surface area contributed by atoms with Crippen molar-refractivity contribution >= 4 is 10.0 Å². The van der Waals surface area contributed by atoms with Crippen LogP contribution in [0.1, 0.15) is 11.9 Å². The number of rotatable bonds is 4. The highest BCUT2D eigenvalue weighted by Crippen LogP contribution is 2.29. The molecule has 1 aromatic carbocycles. The van der Waals surface area contributed by atoms with Crippen molar-refractivity contribution < 1.29 is 8.42 Å². The van der Waals surface area contributed by atoms with Crippen LogP contribution in [-0.4, -0.2) is 62.1 Å². The van der Waals surface area contributed by atoms with Crippen molar-refractivity contribution in [2.75, 3.05) is 19.6 Å². The van der Waals surface area contributed by atoms with Crippen molar-refractivity contribution in [3.8, 4) is 11.4 Å². The third-order valence-corrected chi connectivity index (χ3v) is 6.57. The molecule has 1 unspecified atom stereocenters. The standard InChI is InChI=1S/C16H20N8O2S/c1-22-8-7-18-16(22)14-11-17-6-9-24(14)27(25,26)13-5-3-4-12(10-13)15-19-20-21-23(15)2/h3-5,7-8,10,14,17H,6,9,11H2,1-2H3. The van der Waals surface area contributed by atoms with Crippen LogP contribution in [0.3, 0.4) is 0 Å². The lowest BCUT2D eigenvalue weighted by atomic mass is 10.2. The predicted molar refractivity (Wildman–Crippen MR) is 96.9 cm³/mol. The lowest BCUT2D eigenvalue weighted by molar-refractivity contribution is 0.258. The average Bonchev–Trinajstić information content (AvgIpc) is 3.30. The van der Waals surface area contributed by atoms with Gasteiger partial charge in [0, 0.05) is 51.7 Å². The Morgan fingerprint density at radius 2 is 2.11 bits per heavy atom. The Kier molecular flexibility index (Phi) is 4.50. The van der Waals surface area contributed by atoms with Crippen molar-refractivity contribution in [2.45, 2.75) is 10.9 Å². The summed E-state index contributed by atoms with van der Waals surface area (Å²) >= 11 is 0. The van der Waals surface area contributed by atoms with E-state index in [0.29, 0.717) is 36.8 Å². The first-order valence-electron chi connectivity index (χ1n) is 8.51. The highest BCUT2D eigenvalue weighted by atomic mass is 32.2. The van der Waals surface area contributed by atoms with E-state index in [-0.39, 0.29) is 10.9 Å². The number of piperazine rings is 1. The van der Waals surface area contributed by atoms with E-state index in [9.17, 15) is 8.42 Å². The van der Waals surface area contributed by atoms with E-state index in [4.69, 9.17) is 0 Å². The molecule has 1 N–H and O–H groups in total. The van der Waals surface area contributed by atoms with Gasteiger partial charge in [0.2, 0.25) is 10.0 Å². The molecule has 0 aliphatic carbocycles. The summed E-state index contributed by atoms with van der Waals surface area (Å²) in [4.78, 5) is 4.57. The second-order valence-corrected chi connectivity index (χ2v) is 8.28. The summed E-state index contributed by atoms with van der Waals surface area (Å²) in [7, 11) is -0.142. The third kappa shape index (κ3) is 3.13. The molecular formula is C16H20N8O2S. The van der Waals surface area contributed by atoms with Gasteiger partial charge in [0.1, 0.15) is 5.82 Å². The molecular weight excluding hydrogens is 368 g/mol. The zero-order valence-electron chi connectivity index (χ0n) is 15.0. The summed E-state index contributed by atoms with van der Waals surface area (Å²) < 4.78 is 31.7. The van der Waals surface area contributed by atoms with Gasteiger partial charge in [-0.25, -0.2) is 18.1 Å². The number of nitrogens with one attached hydrogen (secondary N) is 1. The number of tetrazole rings is 1. The van der Waals surface area contributed by atoms with Crippen LogP contribution in [-0.2, 0) is 24.1 Å². The van der Waals surface area contributed by atoms with Gasteiger partial charge in [0.15, 0.2) is 5.82 Å². The fraction of sp³-hybridized carbons (Fsp3) is 0.375. The molecule has 11 heteroatoms. The van der Waals surface area contributed by atoms with E-state index >= 15 is 0 Å². The largest absolute Gasteiger partial charge is 0.337 e. The second kappa shape index (κ2) is 6.83. The average molecular weight is 388 g/mol. The maximum atomic E-state index is 13.4. The number of aryl methyl sites for hydroxylation is 2. The van der Waals surface area contributed by atoms with E-state index in [1.54, 1.807) is 37.5 Å². The summed E-state index contributed by atoms with van der Waals surface area (Å²) in [5, 5.41) is 14.6. The van der Waals surface area contributed by atoms with Gasteiger partial charge >= 0.3 is 0 Å². The highest BCUT2D eigenvalue weighted by molar-refractivity contribution is 7.89. The lowest BCUT2D eigenvalue weighted by Gasteiger charge is -2.34. The van der Waals surface area contributed by atoms with Crippen molar-refractivity contribution in [2.24, 2.45) is 14.1 Å². The molecule has 0 bridgehead atoms. The first-order valence-corrected chi connectivity index (χ1v) is 9.95. The number of aromatic nitrogens is 6. The molecule has 0 spiro atoms. The van der Waals surface area contributed by atoms with Crippen molar-refractivity contribution in [3.63, 3.8) is 0 Å². The lowest BCUT2D eigenvalue weighted by Crippen LogP contribution is -2.49. The summed E-state index contributed by atoms with van der Waals surface area (Å²) in [5.41, 5.74) is 0.646. The van der Waals surface area contributed by atoms with Crippen molar-refractivity contribution in [3.05, 3.63) is 42.5 Å². The molecule has 4 rings (SSSR count). The topological polar surface area (TPSA) is 111 Å². The van der Waals surface area contributed by atoms with Gasteiger partial charge in [-0.05, 0) is 22.6 Å². The van der Waals surface area contributed by atoms with Crippen LogP contribution >= 0.6 is 0 Å². The van der Waals surface area contributed by atoms with E-state index in [1.165, 1.54) is 8.99 Å². The maximum absolute atomic E-state index is 13.4. The number of nitrogens with zero attached hydrogens (tertiary/aromatic N) is 7. The van der Waals surface area contributed by atoms with E-state index < -0.39 is 10.0 Å². The molecule has 0 amide bonds. The minimum Gasteiger partial charge on any atom is -0.337 e. The molecule has 0 radical (unpaired) electrons. The molecule has 1 aliphatic heterocycles. The van der Waals surface area contributed by atoms with Gasteiger partial charge in [-0.1, -0.05) is 12.1 Å². The highest BCUT2D eigenvalue weighted by Gasteiger charge is 2.36. The quantitative estimate of drug-likeness (QED) is 0.667. The first-order chi connectivity index (χ1) is 13.0. The molecule has 3 aromatic rings. The number of sulfonamides is 1. The van der Waals surface area contributed by atoms with Crippen LogP contribution < -0.4 is 5.32 Å². The molecule has 10 nitrogen and oxygen atoms in total. The van der Waals surface area contributed by atoms with Gasteiger partial charge in [-0.15, -0.1) is 5.10 Å². The molecule has 3 heterocycles. The molecule has 2 aromatic heterocycles. The van der Waals surface area contributed by atoms with Crippen molar-refractivity contribution in [1.29, 1.82) is 0 Å². The SMILES string of the molecule is Cn1ccnc1C1CNCCN1S(=O)(=O)c1cccc(-c2nnnn2C)c1. The van der Waals surface area contributed by atoms with Gasteiger partial charge in [-0.2, -0.15) is 4.31 Å². The van der Waals surface area contributed by atoms with Gasteiger partial charge in [-0.3, -0.25) is 0 Å². The Bertz CT molecular complexity index is 1060. The predicted octanol–water partition coefficient (Wildman–Crippen LogP) is -0.0542. The van der Waals surface area contributed by atoms with E-state index in [0.717, 1.165) is 0 Å². The maximum Gasteiger partial charge on any atom is 0.243 e. The summed E-state index contributed by atoms with van der Waals surface area (Å²) in [5.74, 6) is 1.22. The molecule has 1 atom stereocenters. The number of hydrogen-bond acceptors (Lipinski definition) is 7. The second-order valence-electron chi connectivity index (χ2n) is 6.39. The Balaban J connectivity index is 1.74. The van der Waals surface area contributed by atoms with Crippen molar-refractivity contribution in [1.82, 2.24) is 39.4 Å². The van der Waals surface area contributed by atoms with Gasteiger partial charge in [0.25, 0.3) is 0 Å². The van der Waals surface area contributed by atoms with Gasteiger partial charge < -0.3 is 9.88 Å². The third-order valence-electron chi connectivity index (χ3n) is 4.67. The number of imidazole rings is 1. The summed E-state index contributed by atoms with van der Waals surface area (Å²) in [6, 6.07) is 6.33. The fourth-order valence-corrected chi connectivity index (χ4v) is 4.93. The van der Waals surface area contributed by atoms with E-state index in [2.05, 4.69) is 25.8 Å². The summed E-state index contributed by atoms with van der Waals surface area (Å²) in [6.45, 7) is 1.47. The molecule has 142 valence electrons. The minimum atomic E-state index is -3.72. The number of hydrogen-bond donors (Lipinski definition) is 1. The van der Waals surface area contributed by atoms with Crippen LogP contribution in [0, 0.1) is 0 Å². The zero-order chi connectivity index (χ0) is 19.0. The van der Waals surface area contributed by atoms with Crippen LogP contribution in [0.25, 0.3) is 11.4 Å². The first kappa shape index (κ1) is 17.8. The number of benzene rings is 1. The van der Waals surface area contributed by atoms with Crippen LogP contribution in [0.2, 0.25) is 0 Å². The monoisotopic (exact) mass is 388 g/mol. The molecule has 27 heavy (non-hydrogen) atoms. The molecule has 0 saturated carbocycles.